The molecular weight excluding hydrogens is 290 g/mol. The van der Waals surface area contributed by atoms with Crippen LogP contribution in [0.5, 0.6) is 0 Å². The Labute approximate surface area is 138 Å². The van der Waals surface area contributed by atoms with Crippen LogP contribution in [0.3, 0.4) is 0 Å². The van der Waals surface area contributed by atoms with Gasteiger partial charge in [-0.2, -0.15) is 0 Å². The van der Waals surface area contributed by atoms with E-state index >= 15 is 0 Å². The zero-order valence-corrected chi connectivity index (χ0v) is 14.0. The average molecular weight is 317 g/mol. The van der Waals surface area contributed by atoms with E-state index in [4.69, 9.17) is 0 Å². The van der Waals surface area contributed by atoms with Gasteiger partial charge in [-0.3, -0.25) is 9.59 Å². The van der Waals surface area contributed by atoms with Gasteiger partial charge in [0.05, 0.1) is 12.6 Å². The van der Waals surface area contributed by atoms with Crippen LogP contribution in [0.25, 0.3) is 0 Å². The van der Waals surface area contributed by atoms with Gasteiger partial charge < -0.3 is 14.8 Å². The number of rotatable bonds is 5. The highest BCUT2D eigenvalue weighted by atomic mass is 16.2. The smallest absolute Gasteiger partial charge is 0.242 e. The SMILES string of the molecule is C[C@H]1c2cccn2CCN1C(=O)CNC(=O)CCC1CCCC1. The fourth-order valence-corrected chi connectivity index (χ4v) is 3.92. The lowest BCUT2D eigenvalue weighted by atomic mass is 10.0. The number of nitrogens with one attached hydrogen (secondary N) is 1. The lowest BCUT2D eigenvalue weighted by Crippen LogP contribution is -2.45. The van der Waals surface area contributed by atoms with Gasteiger partial charge in [0, 0.05) is 31.4 Å². The largest absolute Gasteiger partial charge is 0.348 e. The second-order valence-electron chi connectivity index (χ2n) is 6.86. The first-order chi connectivity index (χ1) is 11.1. The zero-order chi connectivity index (χ0) is 16.2. The van der Waals surface area contributed by atoms with Crippen LogP contribution in [-0.4, -0.2) is 34.4 Å². The molecule has 23 heavy (non-hydrogen) atoms. The molecule has 0 spiro atoms. The molecule has 1 aromatic rings. The molecule has 1 aliphatic heterocycles. The Kier molecular flexibility index (Phi) is 5.03. The Morgan fingerprint density at radius 2 is 2.04 bits per heavy atom. The molecule has 0 unspecified atom stereocenters. The molecule has 5 heteroatoms. The van der Waals surface area contributed by atoms with Crippen LogP contribution in [0.15, 0.2) is 18.3 Å². The van der Waals surface area contributed by atoms with E-state index in [1.54, 1.807) is 0 Å². The molecule has 5 nitrogen and oxygen atoms in total. The van der Waals surface area contributed by atoms with E-state index in [-0.39, 0.29) is 24.4 Å². The second kappa shape index (κ2) is 7.20. The summed E-state index contributed by atoms with van der Waals surface area (Å²) in [6, 6.07) is 4.15. The summed E-state index contributed by atoms with van der Waals surface area (Å²) in [5.74, 6) is 0.740. The summed E-state index contributed by atoms with van der Waals surface area (Å²) in [4.78, 5) is 26.2. The first kappa shape index (κ1) is 16.1. The third kappa shape index (κ3) is 3.77. The highest BCUT2D eigenvalue weighted by Gasteiger charge is 2.27. The molecular formula is C18H27N3O2. The van der Waals surface area contributed by atoms with E-state index in [0.717, 1.165) is 18.7 Å². The Morgan fingerprint density at radius 1 is 1.26 bits per heavy atom. The maximum Gasteiger partial charge on any atom is 0.242 e. The summed E-state index contributed by atoms with van der Waals surface area (Å²) in [7, 11) is 0. The van der Waals surface area contributed by atoms with Crippen molar-refractivity contribution < 1.29 is 9.59 Å². The Morgan fingerprint density at radius 3 is 2.83 bits per heavy atom. The van der Waals surface area contributed by atoms with Crippen LogP contribution in [0.2, 0.25) is 0 Å². The molecule has 1 N–H and O–H groups in total. The third-order valence-electron chi connectivity index (χ3n) is 5.35. The summed E-state index contributed by atoms with van der Waals surface area (Å²) in [5, 5.41) is 2.81. The molecule has 0 bridgehead atoms. The van der Waals surface area contributed by atoms with Crippen molar-refractivity contribution in [2.45, 2.75) is 58.0 Å². The van der Waals surface area contributed by atoms with E-state index in [9.17, 15) is 9.59 Å². The van der Waals surface area contributed by atoms with Crippen molar-refractivity contribution in [3.05, 3.63) is 24.0 Å². The van der Waals surface area contributed by atoms with Gasteiger partial charge in [0.25, 0.3) is 0 Å². The van der Waals surface area contributed by atoms with Crippen molar-refractivity contribution in [2.24, 2.45) is 5.92 Å². The van der Waals surface area contributed by atoms with Crippen molar-refractivity contribution >= 4 is 11.8 Å². The minimum absolute atomic E-state index is 0.0123. The number of carbonyl (C=O) groups excluding carboxylic acids is 2. The van der Waals surface area contributed by atoms with Crippen LogP contribution >= 0.6 is 0 Å². The van der Waals surface area contributed by atoms with Crippen LogP contribution in [0, 0.1) is 5.92 Å². The predicted molar refractivity (Wildman–Crippen MR) is 88.8 cm³/mol. The Balaban J connectivity index is 1.43. The monoisotopic (exact) mass is 317 g/mol. The number of hydrogen-bond acceptors (Lipinski definition) is 2. The summed E-state index contributed by atoms with van der Waals surface area (Å²) in [5.41, 5.74) is 1.16. The topological polar surface area (TPSA) is 54.3 Å². The van der Waals surface area contributed by atoms with Crippen molar-refractivity contribution in [3.8, 4) is 0 Å². The number of carbonyl (C=O) groups is 2. The molecule has 1 aromatic heterocycles. The summed E-state index contributed by atoms with van der Waals surface area (Å²) < 4.78 is 2.19. The minimum atomic E-state index is 0.0123. The summed E-state index contributed by atoms with van der Waals surface area (Å²) >= 11 is 0. The molecule has 2 amide bonds. The number of fused-ring (bicyclic) bond motifs is 1. The van der Waals surface area contributed by atoms with Crippen molar-refractivity contribution in [1.82, 2.24) is 14.8 Å². The quantitative estimate of drug-likeness (QED) is 0.907. The van der Waals surface area contributed by atoms with Gasteiger partial charge in [-0.05, 0) is 31.4 Å². The zero-order valence-electron chi connectivity index (χ0n) is 14.0. The molecule has 0 aromatic carbocycles. The maximum atomic E-state index is 12.4. The summed E-state index contributed by atoms with van der Waals surface area (Å²) in [6.07, 6.45) is 8.70. The number of amides is 2. The lowest BCUT2D eigenvalue weighted by Gasteiger charge is -2.35. The molecule has 126 valence electrons. The number of hydrogen-bond donors (Lipinski definition) is 1. The average Bonchev–Trinajstić information content (AvgIpc) is 3.22. The van der Waals surface area contributed by atoms with E-state index in [1.807, 2.05) is 17.9 Å². The second-order valence-corrected chi connectivity index (χ2v) is 6.86. The van der Waals surface area contributed by atoms with Crippen molar-refractivity contribution in [3.63, 3.8) is 0 Å². The maximum absolute atomic E-state index is 12.4. The molecule has 1 fully saturated rings. The van der Waals surface area contributed by atoms with E-state index in [1.165, 1.54) is 25.7 Å². The van der Waals surface area contributed by atoms with Crippen LogP contribution in [0.4, 0.5) is 0 Å². The first-order valence-corrected chi connectivity index (χ1v) is 8.86. The van der Waals surface area contributed by atoms with E-state index in [0.29, 0.717) is 18.9 Å². The fourth-order valence-electron chi connectivity index (χ4n) is 3.92. The van der Waals surface area contributed by atoms with Gasteiger partial charge in [0.2, 0.25) is 11.8 Å². The molecule has 1 atom stereocenters. The molecule has 2 heterocycles. The van der Waals surface area contributed by atoms with Crippen LogP contribution in [0.1, 0.15) is 57.2 Å². The van der Waals surface area contributed by atoms with E-state index in [2.05, 4.69) is 22.1 Å². The Hall–Kier alpha value is -1.78. The third-order valence-corrected chi connectivity index (χ3v) is 5.35. The van der Waals surface area contributed by atoms with Crippen molar-refractivity contribution in [1.29, 1.82) is 0 Å². The van der Waals surface area contributed by atoms with E-state index < -0.39 is 0 Å². The van der Waals surface area contributed by atoms with Gasteiger partial charge in [0.15, 0.2) is 0 Å². The van der Waals surface area contributed by atoms with Gasteiger partial charge in [-0.15, -0.1) is 0 Å². The molecule has 2 aliphatic rings. The normalized spacial score (nSPS) is 21.3. The molecule has 3 rings (SSSR count). The van der Waals surface area contributed by atoms with Gasteiger partial charge in [0.1, 0.15) is 0 Å². The number of aromatic nitrogens is 1. The predicted octanol–water partition coefficient (Wildman–Crippen LogP) is 2.48. The van der Waals surface area contributed by atoms with Crippen LogP contribution < -0.4 is 5.32 Å². The highest BCUT2D eigenvalue weighted by Crippen LogP contribution is 2.28. The molecule has 1 saturated carbocycles. The van der Waals surface area contributed by atoms with Crippen molar-refractivity contribution in [2.75, 3.05) is 13.1 Å². The van der Waals surface area contributed by atoms with Gasteiger partial charge in [-0.25, -0.2) is 0 Å². The summed E-state index contributed by atoms with van der Waals surface area (Å²) in [6.45, 7) is 3.70. The van der Waals surface area contributed by atoms with Gasteiger partial charge >= 0.3 is 0 Å². The highest BCUT2D eigenvalue weighted by molar-refractivity contribution is 5.85. The molecule has 0 radical (unpaired) electrons. The van der Waals surface area contributed by atoms with Crippen LogP contribution in [-0.2, 0) is 16.1 Å². The lowest BCUT2D eigenvalue weighted by molar-refractivity contribution is -0.135. The first-order valence-electron chi connectivity index (χ1n) is 8.86. The van der Waals surface area contributed by atoms with Gasteiger partial charge in [-0.1, -0.05) is 25.7 Å². The standard InChI is InChI=1S/C18H27N3O2/c1-14-16-7-4-10-20(16)11-12-21(14)18(23)13-19-17(22)9-8-15-5-2-3-6-15/h4,7,10,14-15H,2-3,5-6,8-9,11-13H2,1H3,(H,19,22)/t14-/m0/s1. The number of nitrogens with zero attached hydrogens (tertiary/aromatic N) is 2. The molecule has 1 aliphatic carbocycles. The minimum Gasteiger partial charge on any atom is -0.348 e. The Bertz CT molecular complexity index is 560. The molecule has 0 saturated heterocycles. The fraction of sp³-hybridized carbons (Fsp3) is 0.667.